The minimum Gasteiger partial charge on any atom is -0.382 e. The molecule has 0 saturated heterocycles. The second-order valence-electron chi connectivity index (χ2n) is 3.32. The third-order valence-electron chi connectivity index (χ3n) is 2.09. The Morgan fingerprint density at radius 1 is 1.67 bits per heavy atom. The van der Waals surface area contributed by atoms with Crippen molar-refractivity contribution in [2.75, 3.05) is 5.73 Å². The molecular weight excluding hydrogens is 150 g/mol. The van der Waals surface area contributed by atoms with Gasteiger partial charge in [-0.05, 0) is 6.42 Å². The molecule has 1 rings (SSSR count). The van der Waals surface area contributed by atoms with E-state index in [1.165, 1.54) is 12.8 Å². The number of rotatable bonds is 3. The highest BCUT2D eigenvalue weighted by Crippen LogP contribution is 2.19. The van der Waals surface area contributed by atoms with E-state index in [0.717, 1.165) is 5.82 Å². The van der Waals surface area contributed by atoms with E-state index in [0.29, 0.717) is 11.7 Å². The van der Waals surface area contributed by atoms with Crippen molar-refractivity contribution in [3.05, 3.63) is 12.0 Å². The van der Waals surface area contributed by atoms with Gasteiger partial charge in [-0.2, -0.15) is 0 Å². The van der Waals surface area contributed by atoms with Gasteiger partial charge >= 0.3 is 0 Å². The number of imidazole rings is 1. The Morgan fingerprint density at radius 3 is 2.75 bits per heavy atom. The number of nitrogens with zero attached hydrogens (tertiary/aromatic N) is 2. The van der Waals surface area contributed by atoms with Gasteiger partial charge in [-0.15, -0.1) is 0 Å². The Labute approximate surface area is 73.6 Å². The van der Waals surface area contributed by atoms with Crippen LogP contribution in [-0.4, -0.2) is 9.55 Å². The monoisotopic (exact) mass is 167 g/mol. The number of hydrogen-bond donors (Lipinski definition) is 1. The van der Waals surface area contributed by atoms with Crippen LogP contribution in [0.25, 0.3) is 0 Å². The fraction of sp³-hybridized carbons (Fsp3) is 0.667. The van der Waals surface area contributed by atoms with Crippen LogP contribution in [0.15, 0.2) is 6.20 Å². The van der Waals surface area contributed by atoms with E-state index in [2.05, 4.69) is 18.8 Å². The molecule has 0 radical (unpaired) electrons. The normalized spacial score (nSPS) is 13.2. The Balaban J connectivity index is 2.79. The average Bonchev–Trinajstić information content (AvgIpc) is 2.30. The fourth-order valence-corrected chi connectivity index (χ4v) is 1.52. The summed E-state index contributed by atoms with van der Waals surface area (Å²) in [4.78, 5) is 4.27. The van der Waals surface area contributed by atoms with Gasteiger partial charge in [0.25, 0.3) is 0 Å². The minimum absolute atomic E-state index is 0.511. The second-order valence-corrected chi connectivity index (χ2v) is 3.32. The van der Waals surface area contributed by atoms with Crippen LogP contribution >= 0.6 is 0 Å². The maximum Gasteiger partial charge on any atom is 0.141 e. The molecule has 0 amide bonds. The van der Waals surface area contributed by atoms with E-state index < -0.39 is 0 Å². The van der Waals surface area contributed by atoms with Crippen LogP contribution in [0.1, 0.15) is 38.4 Å². The zero-order chi connectivity index (χ0) is 9.14. The largest absolute Gasteiger partial charge is 0.382 e. The summed E-state index contributed by atoms with van der Waals surface area (Å²) in [5.41, 5.74) is 5.58. The van der Waals surface area contributed by atoms with Gasteiger partial charge in [0, 0.05) is 19.2 Å². The molecule has 0 aliphatic rings. The van der Waals surface area contributed by atoms with Crippen molar-refractivity contribution in [2.24, 2.45) is 7.05 Å². The quantitative estimate of drug-likeness (QED) is 0.747. The molecule has 0 saturated carbocycles. The molecule has 0 spiro atoms. The molecule has 0 bridgehead atoms. The minimum atomic E-state index is 0.511. The summed E-state index contributed by atoms with van der Waals surface area (Å²) in [7, 11) is 1.99. The summed E-state index contributed by atoms with van der Waals surface area (Å²) in [6.07, 6.45) is 4.22. The van der Waals surface area contributed by atoms with Gasteiger partial charge in [0.1, 0.15) is 11.6 Å². The predicted octanol–water partition coefficient (Wildman–Crippen LogP) is 1.91. The number of anilines is 1. The number of nitrogen functional groups attached to an aromatic ring is 1. The van der Waals surface area contributed by atoms with Crippen LogP contribution in [-0.2, 0) is 7.05 Å². The van der Waals surface area contributed by atoms with Crippen LogP contribution < -0.4 is 5.73 Å². The van der Waals surface area contributed by atoms with Gasteiger partial charge in [0.2, 0.25) is 0 Å². The lowest BCUT2D eigenvalue weighted by atomic mass is 10.1. The number of aryl methyl sites for hydroxylation is 1. The van der Waals surface area contributed by atoms with Crippen molar-refractivity contribution in [3.8, 4) is 0 Å². The van der Waals surface area contributed by atoms with Crippen LogP contribution in [0.3, 0.4) is 0 Å². The van der Waals surface area contributed by atoms with Gasteiger partial charge < -0.3 is 10.3 Å². The van der Waals surface area contributed by atoms with Gasteiger partial charge in [0.15, 0.2) is 0 Å². The summed E-state index contributed by atoms with van der Waals surface area (Å²) in [6, 6.07) is 0. The second kappa shape index (κ2) is 3.61. The van der Waals surface area contributed by atoms with Gasteiger partial charge in [-0.25, -0.2) is 4.98 Å². The summed E-state index contributed by atoms with van der Waals surface area (Å²) >= 11 is 0. The summed E-state index contributed by atoms with van der Waals surface area (Å²) < 4.78 is 2.01. The molecule has 1 unspecified atom stereocenters. The Bertz CT molecular complexity index is 252. The predicted molar refractivity (Wildman–Crippen MR) is 50.9 cm³/mol. The number of hydrogen-bond acceptors (Lipinski definition) is 2. The molecule has 1 heterocycles. The Hall–Kier alpha value is -0.990. The maximum absolute atomic E-state index is 5.58. The lowest BCUT2D eigenvalue weighted by Crippen LogP contribution is -2.02. The fourth-order valence-electron chi connectivity index (χ4n) is 1.52. The highest BCUT2D eigenvalue weighted by molar-refractivity contribution is 5.26. The zero-order valence-electron chi connectivity index (χ0n) is 8.04. The third-order valence-corrected chi connectivity index (χ3v) is 2.09. The van der Waals surface area contributed by atoms with Gasteiger partial charge in [-0.3, -0.25) is 0 Å². The lowest BCUT2D eigenvalue weighted by Gasteiger charge is -2.08. The topological polar surface area (TPSA) is 43.8 Å². The molecule has 12 heavy (non-hydrogen) atoms. The molecular formula is C9H17N3. The molecule has 2 N–H and O–H groups in total. The Kier molecular flexibility index (Phi) is 2.74. The van der Waals surface area contributed by atoms with E-state index >= 15 is 0 Å². The van der Waals surface area contributed by atoms with E-state index in [1.54, 1.807) is 0 Å². The molecule has 1 atom stereocenters. The van der Waals surface area contributed by atoms with Crippen LogP contribution in [0.2, 0.25) is 0 Å². The average molecular weight is 167 g/mol. The first kappa shape index (κ1) is 9.10. The van der Waals surface area contributed by atoms with E-state index in [-0.39, 0.29) is 0 Å². The van der Waals surface area contributed by atoms with Crippen LogP contribution in [0.4, 0.5) is 5.82 Å². The molecule has 3 heteroatoms. The molecule has 1 aromatic rings. The smallest absolute Gasteiger partial charge is 0.141 e. The van der Waals surface area contributed by atoms with Gasteiger partial charge in [0.05, 0.1) is 0 Å². The van der Waals surface area contributed by atoms with Crippen molar-refractivity contribution < 1.29 is 0 Å². The Morgan fingerprint density at radius 2 is 2.33 bits per heavy atom. The third kappa shape index (κ3) is 1.78. The van der Waals surface area contributed by atoms with Crippen molar-refractivity contribution in [1.29, 1.82) is 0 Å². The SMILES string of the molecule is CCCC(C)c1nc(N)cn1C. The molecule has 3 nitrogen and oxygen atoms in total. The van der Waals surface area contributed by atoms with Crippen LogP contribution in [0.5, 0.6) is 0 Å². The number of nitrogens with two attached hydrogens (primary N) is 1. The first-order valence-corrected chi connectivity index (χ1v) is 4.43. The zero-order valence-corrected chi connectivity index (χ0v) is 8.04. The summed E-state index contributed by atoms with van der Waals surface area (Å²) in [5, 5.41) is 0. The number of aromatic nitrogens is 2. The van der Waals surface area contributed by atoms with Crippen molar-refractivity contribution in [1.82, 2.24) is 9.55 Å². The first-order valence-electron chi connectivity index (χ1n) is 4.43. The molecule has 1 aromatic heterocycles. The van der Waals surface area contributed by atoms with E-state index in [9.17, 15) is 0 Å². The molecule has 0 fully saturated rings. The first-order chi connectivity index (χ1) is 5.65. The highest BCUT2D eigenvalue weighted by atomic mass is 15.1. The maximum atomic E-state index is 5.58. The summed E-state index contributed by atoms with van der Waals surface area (Å²) in [6.45, 7) is 4.37. The van der Waals surface area contributed by atoms with E-state index in [1.807, 2.05) is 17.8 Å². The molecule has 0 aliphatic heterocycles. The van der Waals surface area contributed by atoms with Crippen LogP contribution in [0, 0.1) is 0 Å². The van der Waals surface area contributed by atoms with Crippen molar-refractivity contribution >= 4 is 5.82 Å². The van der Waals surface area contributed by atoms with Crippen molar-refractivity contribution in [2.45, 2.75) is 32.6 Å². The summed E-state index contributed by atoms with van der Waals surface area (Å²) in [5.74, 6) is 2.22. The van der Waals surface area contributed by atoms with Gasteiger partial charge in [-0.1, -0.05) is 20.3 Å². The van der Waals surface area contributed by atoms with E-state index in [4.69, 9.17) is 5.73 Å². The molecule has 0 aromatic carbocycles. The molecule has 68 valence electrons. The lowest BCUT2D eigenvalue weighted by molar-refractivity contribution is 0.602. The molecule has 0 aliphatic carbocycles. The van der Waals surface area contributed by atoms with Crippen molar-refractivity contribution in [3.63, 3.8) is 0 Å². The highest BCUT2D eigenvalue weighted by Gasteiger charge is 2.10. The standard InChI is InChI=1S/C9H17N3/c1-4-5-7(2)9-11-8(10)6-12(9)3/h6-7H,4-5,10H2,1-3H3.